The number of ether oxygens (including phenoxy) is 2. The van der Waals surface area contributed by atoms with Gasteiger partial charge in [-0.1, -0.05) is 6.07 Å². The van der Waals surface area contributed by atoms with Crippen LogP contribution >= 0.6 is 0 Å². The SMILES string of the molecule is Cc1cc(Oc2c(F)cccc2F)ncc1-n1ncc(C(=O)C2=Cc3cc(OCC(F)F)c(N4CCN(S(C)(=O)=O)CC4)cc3C2)c1N. The lowest BCUT2D eigenvalue weighted by Crippen LogP contribution is -2.48. The number of carbonyl (C=O) groups is 1. The van der Waals surface area contributed by atoms with Crippen LogP contribution in [-0.2, 0) is 16.4 Å². The number of aryl methyl sites for hydroxylation is 1. The fourth-order valence-electron chi connectivity index (χ4n) is 5.66. The molecule has 1 aliphatic heterocycles. The number of aromatic nitrogens is 3. The number of pyridine rings is 1. The van der Waals surface area contributed by atoms with E-state index in [1.165, 1.54) is 33.5 Å². The first-order valence-electron chi connectivity index (χ1n) is 14.8. The highest BCUT2D eigenvalue weighted by atomic mass is 32.2. The summed E-state index contributed by atoms with van der Waals surface area (Å²) in [6.07, 6.45) is 2.98. The molecule has 48 heavy (non-hydrogen) atoms. The number of para-hydroxylation sites is 1. The number of fused-ring (bicyclic) bond motifs is 1. The van der Waals surface area contributed by atoms with Crippen molar-refractivity contribution in [3.05, 3.63) is 88.3 Å². The van der Waals surface area contributed by atoms with Crippen molar-refractivity contribution in [2.75, 3.05) is 49.7 Å². The zero-order valence-electron chi connectivity index (χ0n) is 25.8. The minimum atomic E-state index is -3.38. The minimum absolute atomic E-state index is 0.0287. The molecule has 0 bridgehead atoms. The van der Waals surface area contributed by atoms with Gasteiger partial charge in [0.15, 0.2) is 17.4 Å². The third-order valence-corrected chi connectivity index (χ3v) is 9.40. The third-order valence-electron chi connectivity index (χ3n) is 8.10. The number of hydrogen-bond acceptors (Lipinski definition) is 9. The van der Waals surface area contributed by atoms with E-state index in [9.17, 15) is 30.8 Å². The van der Waals surface area contributed by atoms with Crippen LogP contribution in [0.4, 0.5) is 29.1 Å². The topological polar surface area (TPSA) is 133 Å². The molecular formula is C32H30F4N6O5S. The first-order chi connectivity index (χ1) is 22.8. The van der Waals surface area contributed by atoms with Gasteiger partial charge < -0.3 is 20.1 Å². The van der Waals surface area contributed by atoms with E-state index in [2.05, 4.69) is 10.1 Å². The fraction of sp³-hybridized carbons (Fsp3) is 0.281. The van der Waals surface area contributed by atoms with E-state index < -0.39 is 46.2 Å². The van der Waals surface area contributed by atoms with Crippen LogP contribution in [0, 0.1) is 18.6 Å². The van der Waals surface area contributed by atoms with Gasteiger partial charge in [-0.05, 0) is 54.0 Å². The number of nitrogen functional groups attached to an aromatic ring is 1. The normalized spacial score (nSPS) is 15.1. The highest BCUT2D eigenvalue weighted by molar-refractivity contribution is 7.88. The van der Waals surface area contributed by atoms with E-state index in [4.69, 9.17) is 15.2 Å². The number of sulfonamides is 1. The molecule has 0 spiro atoms. The molecule has 2 N–H and O–H groups in total. The van der Waals surface area contributed by atoms with E-state index in [-0.39, 0.29) is 42.5 Å². The summed E-state index contributed by atoms with van der Waals surface area (Å²) in [5.41, 5.74) is 9.75. The number of benzene rings is 2. The minimum Gasteiger partial charge on any atom is -0.485 e. The molecule has 4 aromatic rings. The fourth-order valence-corrected chi connectivity index (χ4v) is 6.49. The summed E-state index contributed by atoms with van der Waals surface area (Å²) in [6, 6.07) is 8.17. The van der Waals surface area contributed by atoms with Gasteiger partial charge in [0.2, 0.25) is 21.7 Å². The van der Waals surface area contributed by atoms with Crippen LogP contribution in [0.15, 0.2) is 54.4 Å². The van der Waals surface area contributed by atoms with Crippen LogP contribution in [0.2, 0.25) is 0 Å². The number of anilines is 2. The maximum absolute atomic E-state index is 14.0. The molecule has 2 aliphatic rings. The second kappa shape index (κ2) is 12.9. The van der Waals surface area contributed by atoms with Crippen LogP contribution in [0.1, 0.15) is 27.0 Å². The van der Waals surface area contributed by atoms with Crippen LogP contribution in [0.5, 0.6) is 17.4 Å². The van der Waals surface area contributed by atoms with Gasteiger partial charge in [-0.3, -0.25) is 4.79 Å². The Morgan fingerprint density at radius 1 is 1.04 bits per heavy atom. The van der Waals surface area contributed by atoms with E-state index in [0.29, 0.717) is 41.2 Å². The van der Waals surface area contributed by atoms with Gasteiger partial charge in [0.1, 0.15) is 18.2 Å². The number of nitrogens with zero attached hydrogens (tertiary/aromatic N) is 5. The Bertz CT molecular complexity index is 2020. The van der Waals surface area contributed by atoms with Gasteiger partial charge in [-0.15, -0.1) is 0 Å². The van der Waals surface area contributed by atoms with Crippen molar-refractivity contribution < 1.29 is 40.2 Å². The van der Waals surface area contributed by atoms with Crippen molar-refractivity contribution in [2.24, 2.45) is 0 Å². The average Bonchev–Trinajstić information content (AvgIpc) is 3.63. The van der Waals surface area contributed by atoms with Crippen molar-refractivity contribution in [1.29, 1.82) is 0 Å². The van der Waals surface area contributed by atoms with Crippen molar-refractivity contribution in [1.82, 2.24) is 19.1 Å². The number of ketones is 1. The lowest BCUT2D eigenvalue weighted by molar-refractivity contribution is 0.0820. The van der Waals surface area contributed by atoms with Crippen LogP contribution in [0.3, 0.4) is 0 Å². The molecule has 0 atom stereocenters. The van der Waals surface area contributed by atoms with Crippen molar-refractivity contribution in [3.63, 3.8) is 0 Å². The zero-order valence-corrected chi connectivity index (χ0v) is 26.6. The summed E-state index contributed by atoms with van der Waals surface area (Å²) in [4.78, 5) is 19.7. The molecule has 252 valence electrons. The molecule has 0 amide bonds. The summed E-state index contributed by atoms with van der Waals surface area (Å²) in [7, 11) is -3.38. The second-order valence-electron chi connectivity index (χ2n) is 11.4. The van der Waals surface area contributed by atoms with Gasteiger partial charge in [0.05, 0.1) is 35.6 Å². The summed E-state index contributed by atoms with van der Waals surface area (Å²) < 4.78 is 91.7. The monoisotopic (exact) mass is 686 g/mol. The number of Topliss-reactive ketones (excluding diaryl/α,β-unsaturated/α-hetero) is 1. The first-order valence-corrected chi connectivity index (χ1v) is 16.6. The third kappa shape index (κ3) is 6.57. The molecule has 0 saturated carbocycles. The lowest BCUT2D eigenvalue weighted by Gasteiger charge is -2.35. The van der Waals surface area contributed by atoms with Crippen LogP contribution in [-0.4, -0.2) is 78.7 Å². The molecule has 0 unspecified atom stereocenters. The Labute approximate surface area is 273 Å². The van der Waals surface area contributed by atoms with Gasteiger partial charge in [0.25, 0.3) is 6.43 Å². The quantitative estimate of drug-likeness (QED) is 0.185. The van der Waals surface area contributed by atoms with Crippen LogP contribution in [0.25, 0.3) is 11.8 Å². The summed E-state index contributed by atoms with van der Waals surface area (Å²) in [5, 5.41) is 4.28. The number of allylic oxidation sites excluding steroid dienone is 1. The summed E-state index contributed by atoms with van der Waals surface area (Å²) in [5.74, 6) is -2.60. The smallest absolute Gasteiger partial charge is 0.272 e. The maximum atomic E-state index is 14.0. The summed E-state index contributed by atoms with van der Waals surface area (Å²) in [6.45, 7) is 1.96. The molecule has 0 radical (unpaired) electrons. The summed E-state index contributed by atoms with van der Waals surface area (Å²) >= 11 is 0. The number of carbonyl (C=O) groups excluding carboxylic acids is 1. The van der Waals surface area contributed by atoms with Crippen molar-refractivity contribution >= 4 is 33.4 Å². The standard InChI is InChI=1S/C32H30F4N6O5S/c1-18-10-29(47-31-23(33)4-3-5-24(31)34)38-16-26(18)42-32(37)22(15-39-42)30(43)21-11-19-13-25(27(14-20(19)12-21)46-17-28(35)36)40-6-8-41(9-7-40)48(2,44)45/h3-5,10,12-16,28H,6-9,11,17,37H2,1-2H3. The lowest BCUT2D eigenvalue weighted by atomic mass is 10.0. The van der Waals surface area contributed by atoms with Gasteiger partial charge in [0, 0.05) is 44.2 Å². The van der Waals surface area contributed by atoms with Gasteiger partial charge in [-0.2, -0.15) is 9.40 Å². The Balaban J connectivity index is 1.22. The molecule has 1 fully saturated rings. The second-order valence-corrected chi connectivity index (χ2v) is 13.3. The van der Waals surface area contributed by atoms with E-state index in [0.717, 1.165) is 24.0 Å². The Hall–Kier alpha value is -4.96. The first kappa shape index (κ1) is 33.0. The van der Waals surface area contributed by atoms with Crippen molar-refractivity contribution in [2.45, 2.75) is 19.8 Å². The van der Waals surface area contributed by atoms with E-state index >= 15 is 0 Å². The van der Waals surface area contributed by atoms with E-state index in [1.807, 2.05) is 4.90 Å². The average molecular weight is 687 g/mol. The predicted octanol–water partition coefficient (Wildman–Crippen LogP) is 4.78. The maximum Gasteiger partial charge on any atom is 0.272 e. The number of nitrogens with two attached hydrogens (primary N) is 1. The number of hydrogen-bond donors (Lipinski definition) is 1. The number of halogens is 4. The predicted molar refractivity (Wildman–Crippen MR) is 170 cm³/mol. The molecule has 2 aromatic heterocycles. The largest absolute Gasteiger partial charge is 0.485 e. The number of rotatable bonds is 10. The molecule has 16 heteroatoms. The van der Waals surface area contributed by atoms with Gasteiger partial charge >= 0.3 is 0 Å². The van der Waals surface area contributed by atoms with E-state index in [1.54, 1.807) is 25.1 Å². The molecule has 1 aliphatic carbocycles. The molecule has 3 heterocycles. The highest BCUT2D eigenvalue weighted by Gasteiger charge is 2.29. The molecular weight excluding hydrogens is 656 g/mol. The Morgan fingerprint density at radius 2 is 1.75 bits per heavy atom. The number of piperazine rings is 1. The van der Waals surface area contributed by atoms with Crippen LogP contribution < -0.4 is 20.1 Å². The number of alkyl halides is 2. The molecule has 2 aromatic carbocycles. The molecule has 6 rings (SSSR count). The Kier molecular flexibility index (Phi) is 8.87. The highest BCUT2D eigenvalue weighted by Crippen LogP contribution is 2.39. The zero-order chi connectivity index (χ0) is 34.3. The molecule has 11 nitrogen and oxygen atoms in total. The van der Waals surface area contributed by atoms with Crippen molar-refractivity contribution in [3.8, 4) is 23.1 Å². The molecule has 1 saturated heterocycles. The van der Waals surface area contributed by atoms with Gasteiger partial charge in [-0.25, -0.2) is 35.6 Å². The Morgan fingerprint density at radius 3 is 2.40 bits per heavy atom.